The van der Waals surface area contributed by atoms with Crippen LogP contribution < -0.4 is 5.32 Å². The lowest BCUT2D eigenvalue weighted by atomic mass is 9.99. The molecule has 26 heavy (non-hydrogen) atoms. The van der Waals surface area contributed by atoms with Crippen LogP contribution in [0.25, 0.3) is 16.5 Å². The first-order chi connectivity index (χ1) is 12.6. The maximum Gasteiger partial charge on any atom is 0.413 e. The molecule has 140 valence electrons. The second-order valence-corrected chi connectivity index (χ2v) is 6.53. The molecule has 6 heteroatoms. The summed E-state index contributed by atoms with van der Waals surface area (Å²) in [5.74, 6) is 0. The Labute approximate surface area is 154 Å². The fraction of sp³-hybridized carbons (Fsp3) is 0.450. The summed E-state index contributed by atoms with van der Waals surface area (Å²) in [7, 11) is 2.13. The topological polar surface area (TPSA) is 66.6 Å². The van der Waals surface area contributed by atoms with Gasteiger partial charge in [-0.3, -0.25) is 5.32 Å². The van der Waals surface area contributed by atoms with Crippen molar-refractivity contribution in [1.82, 2.24) is 9.88 Å². The normalized spacial score (nSPS) is 16.3. The van der Waals surface area contributed by atoms with Crippen LogP contribution in [0.3, 0.4) is 0 Å². The highest BCUT2D eigenvalue weighted by atomic mass is 16.7. The number of rotatable bonds is 6. The number of H-pyrrole nitrogens is 1. The van der Waals surface area contributed by atoms with Gasteiger partial charge in [-0.05, 0) is 44.2 Å². The van der Waals surface area contributed by atoms with Crippen LogP contribution in [0.4, 0.5) is 10.5 Å². The molecule has 0 aliphatic carbocycles. The maximum atomic E-state index is 12.1. The summed E-state index contributed by atoms with van der Waals surface area (Å²) in [5.41, 5.74) is 4.31. The number of aromatic nitrogens is 1. The van der Waals surface area contributed by atoms with Gasteiger partial charge in [0.05, 0.1) is 0 Å². The summed E-state index contributed by atoms with van der Waals surface area (Å²) in [5, 5.41) is 3.91. The molecule has 1 aromatic heterocycles. The third kappa shape index (κ3) is 4.26. The predicted octanol–water partition coefficient (Wildman–Crippen LogP) is 4.21. The first kappa shape index (κ1) is 18.5. The van der Waals surface area contributed by atoms with Crippen molar-refractivity contribution in [3.8, 4) is 0 Å². The van der Waals surface area contributed by atoms with E-state index in [9.17, 15) is 4.79 Å². The smallest absolute Gasteiger partial charge is 0.413 e. The third-order valence-corrected chi connectivity index (χ3v) is 4.61. The molecule has 3 rings (SSSR count). The minimum absolute atomic E-state index is 0.500. The largest absolute Gasteiger partial charge is 0.419 e. The van der Waals surface area contributed by atoms with Gasteiger partial charge >= 0.3 is 6.09 Å². The van der Waals surface area contributed by atoms with Crippen molar-refractivity contribution in [3.63, 3.8) is 0 Å². The standard InChI is InChI=1S/C20H27N3O3/c1-4-19(25-5-2)26-20(24)22-15-6-7-18-16(12-15)17(13-21-18)14-8-10-23(3)11-9-14/h6-8,12-13,19,21H,4-5,9-11H2,1-3H3,(H,22,24). The van der Waals surface area contributed by atoms with Crippen molar-refractivity contribution in [3.05, 3.63) is 36.0 Å². The molecule has 1 aliphatic heterocycles. The predicted molar refractivity (Wildman–Crippen MR) is 104 cm³/mol. The number of hydrogen-bond acceptors (Lipinski definition) is 4. The van der Waals surface area contributed by atoms with Gasteiger partial charge in [0.15, 0.2) is 0 Å². The molecule has 2 aromatic rings. The molecular weight excluding hydrogens is 330 g/mol. The van der Waals surface area contributed by atoms with E-state index in [1.54, 1.807) is 0 Å². The molecule has 0 saturated carbocycles. The minimum atomic E-state index is -0.518. The van der Waals surface area contributed by atoms with Gasteiger partial charge in [0.2, 0.25) is 6.29 Å². The third-order valence-electron chi connectivity index (χ3n) is 4.61. The summed E-state index contributed by atoms with van der Waals surface area (Å²) in [4.78, 5) is 17.7. The number of carbonyl (C=O) groups excluding carboxylic acids is 1. The van der Waals surface area contributed by atoms with Crippen LogP contribution in [0, 0.1) is 0 Å². The van der Waals surface area contributed by atoms with E-state index >= 15 is 0 Å². The Bertz CT molecular complexity index is 797. The average Bonchev–Trinajstić information content (AvgIpc) is 3.05. The highest BCUT2D eigenvalue weighted by Crippen LogP contribution is 2.30. The van der Waals surface area contributed by atoms with Crippen LogP contribution in [0.1, 0.15) is 32.3 Å². The van der Waals surface area contributed by atoms with Gasteiger partial charge in [0, 0.05) is 54.5 Å². The lowest BCUT2D eigenvalue weighted by Crippen LogP contribution is -2.24. The Morgan fingerprint density at radius 2 is 2.23 bits per heavy atom. The molecule has 0 radical (unpaired) electrons. The average molecular weight is 357 g/mol. The summed E-state index contributed by atoms with van der Waals surface area (Å²) in [6.45, 7) is 6.32. The summed E-state index contributed by atoms with van der Waals surface area (Å²) < 4.78 is 10.7. The number of nitrogens with one attached hydrogen (secondary N) is 2. The zero-order chi connectivity index (χ0) is 18.5. The number of amides is 1. The monoisotopic (exact) mass is 357 g/mol. The quantitative estimate of drug-likeness (QED) is 0.760. The zero-order valence-corrected chi connectivity index (χ0v) is 15.7. The van der Waals surface area contributed by atoms with Crippen molar-refractivity contribution in [2.75, 3.05) is 32.1 Å². The van der Waals surface area contributed by atoms with Gasteiger partial charge in [0.25, 0.3) is 0 Å². The number of ether oxygens (including phenoxy) is 2. The van der Waals surface area contributed by atoms with Crippen LogP contribution in [0.15, 0.2) is 30.5 Å². The van der Waals surface area contributed by atoms with Gasteiger partial charge in [0.1, 0.15) is 0 Å². The van der Waals surface area contributed by atoms with E-state index in [4.69, 9.17) is 9.47 Å². The molecule has 0 fully saturated rings. The van der Waals surface area contributed by atoms with Crippen LogP contribution in [0.5, 0.6) is 0 Å². The molecule has 2 N–H and O–H groups in total. The van der Waals surface area contributed by atoms with Gasteiger partial charge < -0.3 is 19.4 Å². The van der Waals surface area contributed by atoms with Gasteiger partial charge in [-0.1, -0.05) is 13.0 Å². The Morgan fingerprint density at radius 3 is 2.92 bits per heavy atom. The van der Waals surface area contributed by atoms with E-state index < -0.39 is 12.4 Å². The van der Waals surface area contributed by atoms with Gasteiger partial charge in [-0.2, -0.15) is 0 Å². The number of fused-ring (bicyclic) bond motifs is 1. The Hall–Kier alpha value is -2.31. The number of carbonyl (C=O) groups is 1. The zero-order valence-electron chi connectivity index (χ0n) is 15.7. The fourth-order valence-corrected chi connectivity index (χ4v) is 3.17. The van der Waals surface area contributed by atoms with Crippen molar-refractivity contribution >= 4 is 28.3 Å². The molecule has 1 unspecified atom stereocenters. The van der Waals surface area contributed by atoms with Crippen molar-refractivity contribution < 1.29 is 14.3 Å². The van der Waals surface area contributed by atoms with E-state index in [0.29, 0.717) is 18.7 Å². The molecule has 6 nitrogen and oxygen atoms in total. The molecule has 1 atom stereocenters. The number of nitrogens with zero attached hydrogens (tertiary/aromatic N) is 1. The van der Waals surface area contributed by atoms with E-state index in [2.05, 4.69) is 28.3 Å². The molecule has 0 spiro atoms. The summed E-state index contributed by atoms with van der Waals surface area (Å²) in [6.07, 6.45) is 4.94. The van der Waals surface area contributed by atoms with E-state index in [-0.39, 0.29) is 0 Å². The molecule has 1 amide bonds. The highest BCUT2D eigenvalue weighted by molar-refractivity contribution is 5.96. The van der Waals surface area contributed by atoms with E-state index in [0.717, 1.165) is 30.4 Å². The number of benzene rings is 1. The Morgan fingerprint density at radius 1 is 1.38 bits per heavy atom. The van der Waals surface area contributed by atoms with Crippen LogP contribution in [-0.4, -0.2) is 49.0 Å². The second-order valence-electron chi connectivity index (χ2n) is 6.53. The minimum Gasteiger partial charge on any atom is -0.419 e. The van der Waals surface area contributed by atoms with Crippen molar-refractivity contribution in [2.45, 2.75) is 33.0 Å². The van der Waals surface area contributed by atoms with Crippen LogP contribution in [0.2, 0.25) is 0 Å². The molecule has 2 heterocycles. The van der Waals surface area contributed by atoms with Crippen molar-refractivity contribution in [1.29, 1.82) is 0 Å². The fourth-order valence-electron chi connectivity index (χ4n) is 3.17. The van der Waals surface area contributed by atoms with Crippen LogP contribution in [-0.2, 0) is 9.47 Å². The SMILES string of the molecule is CCOC(CC)OC(=O)Nc1ccc2[nH]cc(C3=CCN(C)CC3)c2c1. The van der Waals surface area contributed by atoms with Gasteiger partial charge in [-0.25, -0.2) is 4.79 Å². The first-order valence-electron chi connectivity index (χ1n) is 9.19. The number of likely N-dealkylation sites (N-methyl/N-ethyl adjacent to an activating group) is 1. The number of hydrogen-bond donors (Lipinski definition) is 2. The van der Waals surface area contributed by atoms with Crippen LogP contribution >= 0.6 is 0 Å². The summed E-state index contributed by atoms with van der Waals surface area (Å²) >= 11 is 0. The molecule has 1 aliphatic rings. The highest BCUT2D eigenvalue weighted by Gasteiger charge is 2.15. The van der Waals surface area contributed by atoms with Crippen molar-refractivity contribution in [2.24, 2.45) is 0 Å². The summed E-state index contributed by atoms with van der Waals surface area (Å²) in [6, 6.07) is 5.83. The Balaban J connectivity index is 1.76. The molecule has 0 bridgehead atoms. The lowest BCUT2D eigenvalue weighted by Gasteiger charge is -2.21. The molecule has 0 saturated heterocycles. The first-order valence-corrected chi connectivity index (χ1v) is 9.19. The number of aromatic amines is 1. The molecule has 1 aromatic carbocycles. The number of anilines is 1. The molecular formula is C20H27N3O3. The maximum absolute atomic E-state index is 12.1. The second kappa shape index (κ2) is 8.38. The lowest BCUT2D eigenvalue weighted by molar-refractivity contribution is -0.0971. The Kier molecular flexibility index (Phi) is 5.96. The van der Waals surface area contributed by atoms with E-state index in [1.165, 1.54) is 11.1 Å². The van der Waals surface area contributed by atoms with E-state index in [1.807, 2.05) is 38.2 Å². The van der Waals surface area contributed by atoms with Gasteiger partial charge in [-0.15, -0.1) is 0 Å².